The molecular weight excluding hydrogens is 317 g/mol. The van der Waals surface area contributed by atoms with Crippen LogP contribution in [0.1, 0.15) is 20.7 Å². The van der Waals surface area contributed by atoms with Crippen LogP contribution in [0.3, 0.4) is 0 Å². The summed E-state index contributed by atoms with van der Waals surface area (Å²) in [5.74, 6) is -0.744. The molecule has 1 aliphatic heterocycles. The summed E-state index contributed by atoms with van der Waals surface area (Å²) < 4.78 is -0.714. The van der Waals surface area contributed by atoms with Crippen molar-refractivity contribution in [2.45, 2.75) is 4.31 Å². The number of nitriles is 1. The van der Waals surface area contributed by atoms with Gasteiger partial charge in [0, 0.05) is 0 Å². The normalized spacial score (nSPS) is 20.2. The van der Waals surface area contributed by atoms with Gasteiger partial charge in [-0.1, -0.05) is 0 Å². The Kier molecular flexibility index (Phi) is 3.02. The molecule has 0 spiro atoms. The summed E-state index contributed by atoms with van der Waals surface area (Å²) >= 11 is -0.498. The van der Waals surface area contributed by atoms with Crippen LogP contribution in [0, 0.1) is 11.3 Å². The van der Waals surface area contributed by atoms with Crippen LogP contribution in [0.2, 0.25) is 4.31 Å². The second kappa shape index (κ2) is 4.72. The summed E-state index contributed by atoms with van der Waals surface area (Å²) in [5.41, 5.74) is 0.926. The first kappa shape index (κ1) is 12.8. The van der Waals surface area contributed by atoms with Crippen LogP contribution in [-0.4, -0.2) is 26.5 Å². The minimum atomic E-state index is -1.54. The molecule has 0 saturated heterocycles. The van der Waals surface area contributed by atoms with Crippen LogP contribution in [0.25, 0.3) is 0 Å². The predicted molar refractivity (Wildman–Crippen MR) is 75.2 cm³/mol. The molecule has 3 nitrogen and oxygen atoms in total. The Labute approximate surface area is 122 Å². The fraction of sp³-hybridized carbons (Fsp3) is 0.0625. The second-order valence-corrected chi connectivity index (χ2v) is 7.05. The van der Waals surface area contributed by atoms with Gasteiger partial charge in [0.05, 0.1) is 0 Å². The molecule has 0 aromatic heterocycles. The topological polar surface area (TPSA) is 57.9 Å². The average molecular weight is 326 g/mol. The number of nitrogens with zero attached hydrogens (tertiary/aromatic N) is 1. The van der Waals surface area contributed by atoms with E-state index in [-0.39, 0.29) is 11.6 Å². The first-order chi connectivity index (χ1) is 9.69. The van der Waals surface area contributed by atoms with Gasteiger partial charge >= 0.3 is 122 Å². The van der Waals surface area contributed by atoms with Crippen LogP contribution in [-0.2, 0) is 0 Å². The number of rotatable bonds is 2. The van der Waals surface area contributed by atoms with E-state index in [2.05, 4.69) is 0 Å². The molecule has 0 bridgehead atoms. The van der Waals surface area contributed by atoms with E-state index in [1.54, 1.807) is 42.5 Å². The molecule has 2 aromatic rings. The van der Waals surface area contributed by atoms with E-state index in [0.717, 1.165) is 4.46 Å². The Morgan fingerprint density at radius 3 is 2.35 bits per heavy atom. The third-order valence-electron chi connectivity index (χ3n) is 3.23. The number of ketones is 2. The maximum atomic E-state index is 12.7. The third-order valence-corrected chi connectivity index (χ3v) is 6.05. The van der Waals surface area contributed by atoms with E-state index in [9.17, 15) is 14.9 Å². The molecule has 0 saturated carbocycles. The molecule has 1 unspecified atom stereocenters. The third kappa shape index (κ3) is 1.72. The number of carbonyl (C=O) groups excluding carboxylic acids is 2. The zero-order valence-corrected chi connectivity index (χ0v) is 12.1. The van der Waals surface area contributed by atoms with Crippen molar-refractivity contribution in [2.24, 2.45) is 0 Å². The van der Waals surface area contributed by atoms with Gasteiger partial charge < -0.3 is 0 Å². The Morgan fingerprint density at radius 1 is 1.05 bits per heavy atom. The van der Waals surface area contributed by atoms with Crippen LogP contribution in [0.4, 0.5) is 0 Å². The van der Waals surface area contributed by atoms with Gasteiger partial charge in [-0.3, -0.25) is 0 Å². The Bertz CT molecular complexity index is 749. The average Bonchev–Trinajstić information content (AvgIpc) is 2.81. The van der Waals surface area contributed by atoms with Gasteiger partial charge in [0.1, 0.15) is 0 Å². The maximum absolute atomic E-state index is 12.7. The monoisotopic (exact) mass is 327 g/mol. The summed E-state index contributed by atoms with van der Waals surface area (Å²) in [4.78, 5) is 25.2. The van der Waals surface area contributed by atoms with Gasteiger partial charge in [-0.05, 0) is 0 Å². The van der Waals surface area contributed by atoms with E-state index in [1.807, 2.05) is 18.2 Å². The molecule has 0 N–H and O–H groups in total. The van der Waals surface area contributed by atoms with Gasteiger partial charge in [-0.15, -0.1) is 0 Å². The molecule has 1 atom stereocenters. The molecular formula is C16H9NO2Se. The molecule has 1 aliphatic rings. The van der Waals surface area contributed by atoms with E-state index in [0.29, 0.717) is 11.1 Å². The van der Waals surface area contributed by atoms with Crippen molar-refractivity contribution < 1.29 is 9.59 Å². The predicted octanol–water partition coefficient (Wildman–Crippen LogP) is 1.78. The summed E-state index contributed by atoms with van der Waals surface area (Å²) in [6.07, 6.45) is 0. The number of hydrogen-bond acceptors (Lipinski definition) is 3. The van der Waals surface area contributed by atoms with Crippen molar-refractivity contribution >= 4 is 31.0 Å². The molecule has 0 aliphatic carbocycles. The molecule has 20 heavy (non-hydrogen) atoms. The molecule has 0 fully saturated rings. The van der Waals surface area contributed by atoms with Gasteiger partial charge in [-0.25, -0.2) is 0 Å². The van der Waals surface area contributed by atoms with Crippen molar-refractivity contribution in [3.05, 3.63) is 65.7 Å². The Balaban J connectivity index is 2.11. The summed E-state index contributed by atoms with van der Waals surface area (Å²) in [7, 11) is 0. The second-order valence-electron chi connectivity index (χ2n) is 4.42. The molecule has 4 heteroatoms. The van der Waals surface area contributed by atoms with Crippen LogP contribution in [0.5, 0.6) is 0 Å². The van der Waals surface area contributed by atoms with E-state index in [1.165, 1.54) is 0 Å². The van der Waals surface area contributed by atoms with E-state index >= 15 is 0 Å². The van der Waals surface area contributed by atoms with Crippen molar-refractivity contribution in [1.29, 1.82) is 5.26 Å². The molecule has 0 amide bonds. The van der Waals surface area contributed by atoms with Crippen molar-refractivity contribution in [2.75, 3.05) is 0 Å². The molecule has 1 heterocycles. The SMILES string of the molecule is N#CC1(C(=O)c2ccccc2)[Se]c2ccccc2C1=O. The van der Waals surface area contributed by atoms with Crippen molar-refractivity contribution in [3.63, 3.8) is 0 Å². The van der Waals surface area contributed by atoms with Crippen molar-refractivity contribution in [1.82, 2.24) is 0 Å². The zero-order chi connectivity index (χ0) is 14.2. The molecule has 3 rings (SSSR count). The van der Waals surface area contributed by atoms with Gasteiger partial charge in [-0.2, -0.15) is 0 Å². The zero-order valence-electron chi connectivity index (χ0n) is 10.4. The molecule has 96 valence electrons. The summed E-state index contributed by atoms with van der Waals surface area (Å²) in [5, 5.41) is 9.51. The molecule has 2 aromatic carbocycles. The molecule has 0 radical (unpaired) electrons. The summed E-state index contributed by atoms with van der Waals surface area (Å²) in [6.45, 7) is 0. The number of Topliss-reactive ketones (excluding diaryl/α,β-unsaturated/α-hetero) is 2. The summed E-state index contributed by atoms with van der Waals surface area (Å²) in [6, 6.07) is 17.7. The van der Waals surface area contributed by atoms with Crippen LogP contribution in [0.15, 0.2) is 54.6 Å². The van der Waals surface area contributed by atoms with Crippen molar-refractivity contribution in [3.8, 4) is 6.07 Å². The fourth-order valence-corrected chi connectivity index (χ4v) is 4.74. The standard InChI is InChI=1S/C16H9NO2Se/c17-10-16(14(18)11-6-2-1-3-7-11)15(19)12-8-4-5-9-13(12)20-16/h1-9H. The van der Waals surface area contributed by atoms with E-state index < -0.39 is 19.3 Å². The number of carbonyl (C=O) groups is 2. The van der Waals surface area contributed by atoms with Gasteiger partial charge in [0.25, 0.3) is 0 Å². The number of hydrogen-bond donors (Lipinski definition) is 0. The Hall–Kier alpha value is -2.21. The fourth-order valence-electron chi connectivity index (χ4n) is 2.21. The van der Waals surface area contributed by atoms with Gasteiger partial charge in [0.2, 0.25) is 0 Å². The van der Waals surface area contributed by atoms with Crippen LogP contribution >= 0.6 is 0 Å². The first-order valence-corrected chi connectivity index (χ1v) is 7.74. The number of benzene rings is 2. The minimum absolute atomic E-state index is 0.357. The van der Waals surface area contributed by atoms with Crippen LogP contribution < -0.4 is 4.46 Å². The number of fused-ring (bicyclic) bond motifs is 1. The Morgan fingerprint density at radius 2 is 1.70 bits per heavy atom. The van der Waals surface area contributed by atoms with E-state index in [4.69, 9.17) is 0 Å². The van der Waals surface area contributed by atoms with Gasteiger partial charge in [0.15, 0.2) is 0 Å². The first-order valence-electron chi connectivity index (χ1n) is 6.03. The quantitative estimate of drug-likeness (QED) is 0.480.